The molecule has 184 valence electrons. The summed E-state index contributed by atoms with van der Waals surface area (Å²) in [6.45, 7) is 10.5. The van der Waals surface area contributed by atoms with Crippen molar-refractivity contribution in [2.45, 2.75) is 90.8 Å². The molecule has 34 heavy (non-hydrogen) atoms. The number of benzene rings is 2. The number of amides is 2. The molecule has 2 amide bonds. The number of nitrogens with one attached hydrogen (secondary N) is 1. The molecule has 5 heteroatoms. The van der Waals surface area contributed by atoms with Crippen LogP contribution >= 0.6 is 0 Å². The average molecular weight is 465 g/mol. The zero-order valence-electron chi connectivity index (χ0n) is 21.4. The predicted molar refractivity (Wildman–Crippen MR) is 137 cm³/mol. The van der Waals surface area contributed by atoms with E-state index in [1.807, 2.05) is 56.3 Å². The van der Waals surface area contributed by atoms with Gasteiger partial charge < -0.3 is 15.0 Å². The summed E-state index contributed by atoms with van der Waals surface area (Å²) in [5.41, 5.74) is 3.07. The van der Waals surface area contributed by atoms with Crippen LogP contribution in [0.1, 0.15) is 76.5 Å². The van der Waals surface area contributed by atoms with Gasteiger partial charge in [0.15, 0.2) is 6.61 Å². The Morgan fingerprint density at radius 3 is 2.44 bits per heavy atom. The molecule has 0 spiro atoms. The standard InChI is InChI=1S/C29H40N2O3/c1-21-12-11-13-23(18-21)19-31(22(2)28(33)30-24-14-7-6-8-15-24)27(32)20-34-26-17-10-9-16-25(26)29(3,4)5/h9-13,16-18,22,24H,6-8,14-15,19-20H2,1-5H3,(H,30,33)/t22-/m1/s1. The van der Waals surface area contributed by atoms with Crippen LogP contribution in [0.25, 0.3) is 0 Å². The van der Waals surface area contributed by atoms with Gasteiger partial charge in [0, 0.05) is 12.6 Å². The highest BCUT2D eigenvalue weighted by molar-refractivity contribution is 5.88. The molecule has 2 aromatic rings. The number of aryl methyl sites for hydroxylation is 1. The lowest BCUT2D eigenvalue weighted by Crippen LogP contribution is -2.51. The summed E-state index contributed by atoms with van der Waals surface area (Å²) >= 11 is 0. The zero-order valence-corrected chi connectivity index (χ0v) is 21.4. The number of rotatable bonds is 8. The van der Waals surface area contributed by atoms with Crippen molar-refractivity contribution in [3.05, 3.63) is 65.2 Å². The molecule has 5 nitrogen and oxygen atoms in total. The Hall–Kier alpha value is -2.82. The molecule has 0 radical (unpaired) electrons. The first kappa shape index (κ1) is 25.8. The highest BCUT2D eigenvalue weighted by Crippen LogP contribution is 2.31. The molecule has 1 fully saturated rings. The van der Waals surface area contributed by atoms with Gasteiger partial charge in [-0.2, -0.15) is 0 Å². The molecule has 1 aliphatic rings. The van der Waals surface area contributed by atoms with Crippen LogP contribution in [0, 0.1) is 6.92 Å². The Kier molecular flexibility index (Phi) is 8.76. The number of ether oxygens (including phenoxy) is 1. The van der Waals surface area contributed by atoms with Crippen molar-refractivity contribution in [2.75, 3.05) is 6.61 Å². The van der Waals surface area contributed by atoms with Crippen LogP contribution in [0.3, 0.4) is 0 Å². The van der Waals surface area contributed by atoms with Gasteiger partial charge in [0.05, 0.1) is 0 Å². The number of carbonyl (C=O) groups excluding carboxylic acids is 2. The Morgan fingerprint density at radius 1 is 1.06 bits per heavy atom. The lowest BCUT2D eigenvalue weighted by molar-refractivity contribution is -0.142. The molecular weight excluding hydrogens is 424 g/mol. The molecule has 0 aromatic heterocycles. The maximum absolute atomic E-state index is 13.4. The maximum Gasteiger partial charge on any atom is 0.261 e. The van der Waals surface area contributed by atoms with Crippen LogP contribution in [0.15, 0.2) is 48.5 Å². The first-order valence-corrected chi connectivity index (χ1v) is 12.5. The first-order chi connectivity index (χ1) is 16.1. The third kappa shape index (κ3) is 7.09. The fourth-order valence-electron chi connectivity index (χ4n) is 4.59. The maximum atomic E-state index is 13.4. The molecule has 0 saturated heterocycles. The van der Waals surface area contributed by atoms with Crippen molar-refractivity contribution >= 4 is 11.8 Å². The van der Waals surface area contributed by atoms with E-state index >= 15 is 0 Å². The van der Waals surface area contributed by atoms with E-state index < -0.39 is 6.04 Å². The van der Waals surface area contributed by atoms with Gasteiger partial charge in [-0.25, -0.2) is 0 Å². The Morgan fingerprint density at radius 2 is 1.76 bits per heavy atom. The number of hydrogen-bond donors (Lipinski definition) is 1. The largest absolute Gasteiger partial charge is 0.483 e. The fourth-order valence-corrected chi connectivity index (χ4v) is 4.59. The van der Waals surface area contributed by atoms with E-state index in [0.717, 1.165) is 42.4 Å². The first-order valence-electron chi connectivity index (χ1n) is 12.5. The summed E-state index contributed by atoms with van der Waals surface area (Å²) in [4.78, 5) is 28.2. The van der Waals surface area contributed by atoms with Crippen molar-refractivity contribution in [3.63, 3.8) is 0 Å². The van der Waals surface area contributed by atoms with Gasteiger partial charge in [0.2, 0.25) is 5.91 Å². The topological polar surface area (TPSA) is 58.6 Å². The second-order valence-electron chi connectivity index (χ2n) is 10.6. The summed E-state index contributed by atoms with van der Waals surface area (Å²) in [6.07, 6.45) is 5.54. The van der Waals surface area contributed by atoms with Gasteiger partial charge in [-0.1, -0.05) is 88.1 Å². The van der Waals surface area contributed by atoms with Crippen molar-refractivity contribution < 1.29 is 14.3 Å². The fraction of sp³-hybridized carbons (Fsp3) is 0.517. The summed E-state index contributed by atoms with van der Waals surface area (Å²) in [7, 11) is 0. The average Bonchev–Trinajstić information content (AvgIpc) is 2.81. The lowest BCUT2D eigenvalue weighted by atomic mass is 9.86. The monoisotopic (exact) mass is 464 g/mol. The number of para-hydroxylation sites is 1. The molecule has 1 atom stereocenters. The molecule has 0 unspecified atom stereocenters. The highest BCUT2D eigenvalue weighted by Gasteiger charge is 2.29. The van der Waals surface area contributed by atoms with Crippen molar-refractivity contribution in [1.82, 2.24) is 10.2 Å². The van der Waals surface area contributed by atoms with Gasteiger partial charge in [-0.15, -0.1) is 0 Å². The minimum absolute atomic E-state index is 0.0944. The quantitative estimate of drug-likeness (QED) is 0.558. The van der Waals surface area contributed by atoms with E-state index in [-0.39, 0.29) is 29.9 Å². The molecule has 1 N–H and O–H groups in total. The van der Waals surface area contributed by atoms with Crippen molar-refractivity contribution in [2.24, 2.45) is 0 Å². The predicted octanol–water partition coefficient (Wildman–Crippen LogP) is 5.54. The van der Waals surface area contributed by atoms with Crippen molar-refractivity contribution in [1.29, 1.82) is 0 Å². The third-order valence-corrected chi connectivity index (χ3v) is 6.60. The zero-order chi connectivity index (χ0) is 24.7. The van der Waals surface area contributed by atoms with Crippen LogP contribution in [-0.4, -0.2) is 35.4 Å². The summed E-state index contributed by atoms with van der Waals surface area (Å²) in [5, 5.41) is 3.18. The van der Waals surface area contributed by atoms with Crippen LogP contribution in [0.5, 0.6) is 5.75 Å². The van der Waals surface area contributed by atoms with E-state index in [0.29, 0.717) is 12.3 Å². The van der Waals surface area contributed by atoms with Crippen LogP contribution < -0.4 is 10.1 Å². The van der Waals surface area contributed by atoms with E-state index in [1.54, 1.807) is 4.90 Å². The molecule has 1 aliphatic carbocycles. The number of hydrogen-bond acceptors (Lipinski definition) is 3. The number of nitrogens with zero attached hydrogens (tertiary/aromatic N) is 1. The lowest BCUT2D eigenvalue weighted by Gasteiger charge is -2.31. The molecule has 1 saturated carbocycles. The third-order valence-electron chi connectivity index (χ3n) is 6.60. The molecule has 0 heterocycles. The second-order valence-corrected chi connectivity index (χ2v) is 10.6. The van der Waals surface area contributed by atoms with E-state index in [1.165, 1.54) is 6.42 Å². The summed E-state index contributed by atoms with van der Waals surface area (Å²) < 4.78 is 6.02. The van der Waals surface area contributed by atoms with Crippen LogP contribution in [0.2, 0.25) is 0 Å². The molecular formula is C29H40N2O3. The number of carbonyl (C=O) groups is 2. The second kappa shape index (κ2) is 11.5. The molecule has 0 aliphatic heterocycles. The summed E-state index contributed by atoms with van der Waals surface area (Å²) in [5.74, 6) is 0.415. The van der Waals surface area contributed by atoms with E-state index in [2.05, 4.69) is 32.2 Å². The van der Waals surface area contributed by atoms with Gasteiger partial charge in [0.25, 0.3) is 5.91 Å². The van der Waals surface area contributed by atoms with E-state index in [4.69, 9.17) is 4.74 Å². The van der Waals surface area contributed by atoms with E-state index in [9.17, 15) is 9.59 Å². The Labute approximate surface area is 204 Å². The summed E-state index contributed by atoms with van der Waals surface area (Å²) in [6, 6.07) is 15.5. The molecule has 0 bridgehead atoms. The van der Waals surface area contributed by atoms with Crippen LogP contribution in [0.4, 0.5) is 0 Å². The normalized spacial score (nSPS) is 15.4. The Balaban J connectivity index is 1.76. The minimum Gasteiger partial charge on any atom is -0.483 e. The van der Waals surface area contributed by atoms with Gasteiger partial charge in [-0.3, -0.25) is 9.59 Å². The molecule has 2 aromatic carbocycles. The highest BCUT2D eigenvalue weighted by atomic mass is 16.5. The van der Waals surface area contributed by atoms with Gasteiger partial charge in [0.1, 0.15) is 11.8 Å². The smallest absolute Gasteiger partial charge is 0.261 e. The SMILES string of the molecule is Cc1cccc(CN(C(=O)COc2ccccc2C(C)(C)C)[C@H](C)C(=O)NC2CCCCC2)c1. The van der Waals surface area contributed by atoms with Crippen LogP contribution in [-0.2, 0) is 21.5 Å². The Bertz CT molecular complexity index is 973. The minimum atomic E-state index is -0.587. The molecule has 3 rings (SSSR count). The van der Waals surface area contributed by atoms with Gasteiger partial charge in [-0.05, 0) is 49.3 Å². The van der Waals surface area contributed by atoms with Gasteiger partial charge >= 0.3 is 0 Å². The van der Waals surface area contributed by atoms with Crippen molar-refractivity contribution in [3.8, 4) is 5.75 Å².